The Hall–Kier alpha value is -0.160. The highest BCUT2D eigenvalue weighted by Crippen LogP contribution is 2.00. The second kappa shape index (κ2) is 14.9. The molecule has 1 atom stereocenters. The van der Waals surface area contributed by atoms with Crippen LogP contribution in [0.5, 0.6) is 0 Å². The molecule has 1 unspecified atom stereocenters. The third-order valence-electron chi connectivity index (χ3n) is 3.19. The van der Waals surface area contributed by atoms with Crippen molar-refractivity contribution in [2.24, 2.45) is 11.5 Å². The minimum absolute atomic E-state index is 0.589. The molecule has 0 radical (unpaired) electrons. The Kier molecular flexibility index (Phi) is 14.8. The predicted molar refractivity (Wildman–Crippen MR) is 80.8 cm³/mol. The molecule has 0 aliphatic rings. The lowest BCUT2D eigenvalue weighted by atomic mass is 10.1. The molecule has 0 rings (SSSR count). The molecule has 110 valence electrons. The van der Waals surface area contributed by atoms with Gasteiger partial charge in [-0.1, -0.05) is 19.3 Å². The van der Waals surface area contributed by atoms with Crippen LogP contribution in [0.1, 0.15) is 51.9 Å². The third kappa shape index (κ3) is 13.9. The number of hydrogen-bond donors (Lipinski definition) is 4. The van der Waals surface area contributed by atoms with Crippen molar-refractivity contribution in [1.29, 1.82) is 0 Å². The fraction of sp³-hybridized carbons (Fsp3) is 1.00. The summed E-state index contributed by atoms with van der Waals surface area (Å²) < 4.78 is 0. The summed E-state index contributed by atoms with van der Waals surface area (Å²) in [6, 6.07) is 0.589. The molecule has 18 heavy (non-hydrogen) atoms. The maximum absolute atomic E-state index is 5.48. The lowest BCUT2D eigenvalue weighted by Crippen LogP contribution is -2.33. The van der Waals surface area contributed by atoms with E-state index < -0.39 is 0 Å². The Balaban J connectivity index is 3.02. The summed E-state index contributed by atoms with van der Waals surface area (Å²) in [6.45, 7) is 7.13. The topological polar surface area (TPSA) is 76.1 Å². The number of nitrogens with two attached hydrogens (primary N) is 2. The van der Waals surface area contributed by atoms with E-state index in [0.717, 1.165) is 39.1 Å². The number of unbranched alkanes of at least 4 members (excludes halogenated alkanes) is 4. The minimum atomic E-state index is 0.589. The summed E-state index contributed by atoms with van der Waals surface area (Å²) in [4.78, 5) is 0. The van der Waals surface area contributed by atoms with Gasteiger partial charge in [-0.05, 0) is 52.2 Å². The second-order valence-corrected chi connectivity index (χ2v) is 5.09. The van der Waals surface area contributed by atoms with Crippen LogP contribution in [-0.2, 0) is 0 Å². The number of hydrogen-bond acceptors (Lipinski definition) is 4. The molecule has 0 aromatic rings. The molecule has 0 aliphatic carbocycles. The lowest BCUT2D eigenvalue weighted by molar-refractivity contribution is 0.486. The van der Waals surface area contributed by atoms with Crippen LogP contribution in [0.3, 0.4) is 0 Å². The van der Waals surface area contributed by atoms with Gasteiger partial charge in [0.1, 0.15) is 0 Å². The average molecular weight is 258 g/mol. The van der Waals surface area contributed by atoms with Crippen LogP contribution in [0.25, 0.3) is 0 Å². The second-order valence-electron chi connectivity index (χ2n) is 5.09. The van der Waals surface area contributed by atoms with Crippen LogP contribution < -0.4 is 22.1 Å². The Labute approximate surface area is 113 Å². The van der Waals surface area contributed by atoms with Gasteiger partial charge in [0.25, 0.3) is 0 Å². The average Bonchev–Trinajstić information content (AvgIpc) is 2.38. The Morgan fingerprint density at radius 1 is 0.778 bits per heavy atom. The van der Waals surface area contributed by atoms with E-state index in [4.69, 9.17) is 11.5 Å². The summed E-state index contributed by atoms with van der Waals surface area (Å²) in [5, 5.41) is 6.98. The van der Waals surface area contributed by atoms with Gasteiger partial charge in [-0.2, -0.15) is 0 Å². The van der Waals surface area contributed by atoms with Gasteiger partial charge in [-0.3, -0.25) is 0 Å². The highest BCUT2D eigenvalue weighted by atomic mass is 15.0. The van der Waals surface area contributed by atoms with E-state index in [1.54, 1.807) is 0 Å². The van der Waals surface area contributed by atoms with Crippen LogP contribution in [0.2, 0.25) is 0 Å². The molecule has 0 saturated heterocycles. The monoisotopic (exact) mass is 258 g/mol. The first-order chi connectivity index (χ1) is 8.81. The Morgan fingerprint density at radius 2 is 1.44 bits per heavy atom. The zero-order chi connectivity index (χ0) is 13.5. The first-order valence-electron chi connectivity index (χ1n) is 7.65. The maximum Gasteiger partial charge on any atom is 0.00792 e. The molecule has 6 N–H and O–H groups in total. The van der Waals surface area contributed by atoms with Crippen LogP contribution in [0, 0.1) is 0 Å². The van der Waals surface area contributed by atoms with E-state index in [1.807, 2.05) is 0 Å². The molecule has 4 nitrogen and oxygen atoms in total. The Morgan fingerprint density at radius 3 is 2.17 bits per heavy atom. The minimum Gasteiger partial charge on any atom is -0.330 e. The third-order valence-corrected chi connectivity index (χ3v) is 3.19. The summed E-state index contributed by atoms with van der Waals surface area (Å²) >= 11 is 0. The summed E-state index contributed by atoms with van der Waals surface area (Å²) in [5.74, 6) is 0. The normalized spacial score (nSPS) is 12.8. The fourth-order valence-corrected chi connectivity index (χ4v) is 1.98. The van der Waals surface area contributed by atoms with Crippen molar-refractivity contribution in [3.05, 3.63) is 0 Å². The smallest absolute Gasteiger partial charge is 0.00792 e. The highest BCUT2D eigenvalue weighted by Gasteiger charge is 1.98. The molecule has 0 amide bonds. The van der Waals surface area contributed by atoms with Gasteiger partial charge in [-0.25, -0.2) is 0 Å². The molecular formula is C14H34N4. The van der Waals surface area contributed by atoms with Gasteiger partial charge in [-0.15, -0.1) is 0 Å². The van der Waals surface area contributed by atoms with Crippen LogP contribution in [-0.4, -0.2) is 38.8 Å². The van der Waals surface area contributed by atoms with Crippen LogP contribution in [0.15, 0.2) is 0 Å². The van der Waals surface area contributed by atoms with E-state index in [9.17, 15) is 0 Å². The van der Waals surface area contributed by atoms with Crippen molar-refractivity contribution >= 4 is 0 Å². The molecule has 0 aromatic heterocycles. The van der Waals surface area contributed by atoms with Crippen molar-refractivity contribution in [1.82, 2.24) is 10.6 Å². The molecule has 0 fully saturated rings. The molecule has 0 bridgehead atoms. The fourth-order valence-electron chi connectivity index (χ4n) is 1.98. The van der Waals surface area contributed by atoms with Crippen molar-refractivity contribution in [3.63, 3.8) is 0 Å². The lowest BCUT2D eigenvalue weighted by Gasteiger charge is -2.13. The summed E-state index contributed by atoms with van der Waals surface area (Å²) in [5.41, 5.74) is 10.9. The van der Waals surface area contributed by atoms with E-state index in [2.05, 4.69) is 17.6 Å². The largest absolute Gasteiger partial charge is 0.330 e. The van der Waals surface area contributed by atoms with Crippen LogP contribution in [0.4, 0.5) is 0 Å². The quantitative estimate of drug-likeness (QED) is 0.353. The van der Waals surface area contributed by atoms with E-state index >= 15 is 0 Å². The molecule has 0 heterocycles. The van der Waals surface area contributed by atoms with Crippen molar-refractivity contribution < 1.29 is 0 Å². The standard InChI is InChI=1S/C14H34N4/c1-14(8-7-10-16)18-13-12-17-11-6-4-2-3-5-9-15/h14,17-18H,2-13,15-16H2,1H3. The first-order valence-corrected chi connectivity index (χ1v) is 7.65. The molecule has 0 saturated carbocycles. The van der Waals surface area contributed by atoms with Gasteiger partial charge < -0.3 is 22.1 Å². The van der Waals surface area contributed by atoms with Gasteiger partial charge in [0.2, 0.25) is 0 Å². The molecule has 0 aliphatic heterocycles. The highest BCUT2D eigenvalue weighted by molar-refractivity contribution is 4.62. The zero-order valence-corrected chi connectivity index (χ0v) is 12.2. The van der Waals surface area contributed by atoms with E-state index in [-0.39, 0.29) is 0 Å². The molecular weight excluding hydrogens is 224 g/mol. The number of nitrogens with one attached hydrogen (secondary N) is 2. The summed E-state index contributed by atoms with van der Waals surface area (Å²) in [6.07, 6.45) is 8.70. The zero-order valence-electron chi connectivity index (χ0n) is 12.2. The molecule has 0 spiro atoms. The van der Waals surface area contributed by atoms with Gasteiger partial charge in [0.05, 0.1) is 0 Å². The SMILES string of the molecule is CC(CCCN)NCCNCCCCCCCN. The molecule has 0 aromatic carbocycles. The van der Waals surface area contributed by atoms with Crippen molar-refractivity contribution in [2.45, 2.75) is 57.9 Å². The van der Waals surface area contributed by atoms with Crippen molar-refractivity contribution in [2.75, 3.05) is 32.7 Å². The Bertz CT molecular complexity index is 153. The van der Waals surface area contributed by atoms with Crippen LogP contribution >= 0.6 is 0 Å². The van der Waals surface area contributed by atoms with Gasteiger partial charge in [0.15, 0.2) is 0 Å². The van der Waals surface area contributed by atoms with Gasteiger partial charge in [0, 0.05) is 19.1 Å². The first kappa shape index (κ1) is 17.8. The molecule has 4 heteroatoms. The maximum atomic E-state index is 5.48. The van der Waals surface area contributed by atoms with Crippen molar-refractivity contribution in [3.8, 4) is 0 Å². The predicted octanol–water partition coefficient (Wildman–Crippen LogP) is 1.20. The van der Waals surface area contributed by atoms with E-state index in [1.165, 1.54) is 38.5 Å². The summed E-state index contributed by atoms with van der Waals surface area (Å²) in [7, 11) is 0. The number of rotatable bonds is 14. The van der Waals surface area contributed by atoms with Gasteiger partial charge >= 0.3 is 0 Å². The van der Waals surface area contributed by atoms with E-state index in [0.29, 0.717) is 6.04 Å².